The molecule has 0 aliphatic heterocycles. The summed E-state index contributed by atoms with van der Waals surface area (Å²) in [6, 6.07) is 0. The number of aromatic nitrogens is 3. The molecule has 0 fully saturated rings. The Kier molecular flexibility index (Phi) is 1.27. The molecule has 0 saturated carbocycles. The Labute approximate surface area is 55.2 Å². The summed E-state index contributed by atoms with van der Waals surface area (Å²) in [5, 5.41) is 7.39. The van der Waals surface area contributed by atoms with Gasteiger partial charge in [-0.1, -0.05) is 5.21 Å². The summed E-state index contributed by atoms with van der Waals surface area (Å²) in [7, 11) is 0. The molecule has 0 aromatic carbocycles. The lowest BCUT2D eigenvalue weighted by Gasteiger charge is -1.71. The van der Waals surface area contributed by atoms with Crippen molar-refractivity contribution in [3.05, 3.63) is 11.9 Å². The smallest absolute Gasteiger partial charge is 0.0863 e. The van der Waals surface area contributed by atoms with Crippen molar-refractivity contribution in [1.29, 1.82) is 0 Å². The molecular weight excluding hydrogens is 205 g/mol. The third-order valence-corrected chi connectivity index (χ3v) is 1.05. The first-order valence-corrected chi connectivity index (χ1v) is 2.80. The standard InChI is InChI=1S/C3H4IN3/c1-3-2-7(4)6-5-3/h2H,1H3. The van der Waals surface area contributed by atoms with Gasteiger partial charge in [-0.05, 0) is 6.92 Å². The lowest BCUT2D eigenvalue weighted by atomic mass is 10.6. The summed E-state index contributed by atoms with van der Waals surface area (Å²) < 4.78 is 1.65. The second kappa shape index (κ2) is 1.77. The monoisotopic (exact) mass is 209 g/mol. The fourth-order valence-electron chi connectivity index (χ4n) is 0.319. The molecule has 38 valence electrons. The summed E-state index contributed by atoms with van der Waals surface area (Å²) in [6.45, 7) is 1.90. The van der Waals surface area contributed by atoms with E-state index in [4.69, 9.17) is 0 Å². The van der Waals surface area contributed by atoms with Crippen LogP contribution in [0.5, 0.6) is 0 Å². The summed E-state index contributed by atoms with van der Waals surface area (Å²) in [6.07, 6.45) is 1.85. The average Bonchev–Trinajstić information content (AvgIpc) is 1.87. The van der Waals surface area contributed by atoms with E-state index in [0.29, 0.717) is 0 Å². The SMILES string of the molecule is Cc1cn(I)nn1. The zero-order valence-electron chi connectivity index (χ0n) is 3.80. The Morgan fingerprint density at radius 3 is 2.71 bits per heavy atom. The van der Waals surface area contributed by atoms with Crippen LogP contribution in [0.4, 0.5) is 0 Å². The molecule has 0 aliphatic carbocycles. The highest BCUT2D eigenvalue weighted by Gasteiger charge is 1.85. The van der Waals surface area contributed by atoms with Crippen LogP contribution in [-0.4, -0.2) is 13.2 Å². The minimum Gasteiger partial charge on any atom is -0.191 e. The van der Waals surface area contributed by atoms with Crippen LogP contribution in [0.1, 0.15) is 5.69 Å². The zero-order valence-corrected chi connectivity index (χ0v) is 5.95. The van der Waals surface area contributed by atoms with Gasteiger partial charge in [0.15, 0.2) is 0 Å². The maximum absolute atomic E-state index is 3.72. The van der Waals surface area contributed by atoms with E-state index in [9.17, 15) is 0 Å². The molecule has 1 heterocycles. The Bertz CT molecular complexity index is 142. The third-order valence-electron chi connectivity index (χ3n) is 0.581. The highest BCUT2D eigenvalue weighted by atomic mass is 127. The van der Waals surface area contributed by atoms with Crippen molar-refractivity contribution in [3.8, 4) is 0 Å². The summed E-state index contributed by atoms with van der Waals surface area (Å²) >= 11 is 2.04. The van der Waals surface area contributed by atoms with Crippen molar-refractivity contribution in [3.63, 3.8) is 0 Å². The molecule has 3 nitrogen and oxygen atoms in total. The van der Waals surface area contributed by atoms with Gasteiger partial charge in [-0.15, -0.1) is 5.10 Å². The quantitative estimate of drug-likeness (QED) is 0.591. The Hall–Kier alpha value is -0.130. The third kappa shape index (κ3) is 1.12. The Morgan fingerprint density at radius 2 is 2.57 bits per heavy atom. The maximum atomic E-state index is 3.72. The van der Waals surface area contributed by atoms with Crippen molar-refractivity contribution in [2.45, 2.75) is 6.92 Å². The van der Waals surface area contributed by atoms with E-state index in [1.807, 2.05) is 36.0 Å². The van der Waals surface area contributed by atoms with Crippen LogP contribution in [0.2, 0.25) is 0 Å². The number of rotatable bonds is 0. The topological polar surface area (TPSA) is 30.7 Å². The first-order valence-electron chi connectivity index (χ1n) is 1.84. The van der Waals surface area contributed by atoms with Gasteiger partial charge in [0.25, 0.3) is 0 Å². The zero-order chi connectivity index (χ0) is 5.28. The average molecular weight is 209 g/mol. The van der Waals surface area contributed by atoms with Crippen LogP contribution in [0, 0.1) is 6.92 Å². The summed E-state index contributed by atoms with van der Waals surface area (Å²) in [5.41, 5.74) is 0.953. The van der Waals surface area contributed by atoms with E-state index in [2.05, 4.69) is 10.3 Å². The van der Waals surface area contributed by atoms with Crippen LogP contribution in [0.3, 0.4) is 0 Å². The Balaban J connectivity index is 3.04. The molecule has 1 aromatic heterocycles. The van der Waals surface area contributed by atoms with Gasteiger partial charge >= 0.3 is 0 Å². The number of halogens is 1. The normalized spacial score (nSPS) is 9.43. The predicted molar refractivity (Wildman–Crippen MR) is 34.2 cm³/mol. The largest absolute Gasteiger partial charge is 0.191 e. The highest BCUT2D eigenvalue weighted by molar-refractivity contribution is 14.1. The van der Waals surface area contributed by atoms with Gasteiger partial charge in [0.05, 0.1) is 34.8 Å². The number of aryl methyl sites for hydroxylation is 1. The highest BCUT2D eigenvalue weighted by Crippen LogP contribution is 1.91. The minimum absolute atomic E-state index is 0.953. The van der Waals surface area contributed by atoms with Gasteiger partial charge in [0.2, 0.25) is 0 Å². The molecule has 7 heavy (non-hydrogen) atoms. The summed E-state index contributed by atoms with van der Waals surface area (Å²) in [4.78, 5) is 0. The second-order valence-corrected chi connectivity index (χ2v) is 2.24. The molecular formula is C3H4IN3. The van der Waals surface area contributed by atoms with Gasteiger partial charge < -0.3 is 0 Å². The van der Waals surface area contributed by atoms with Crippen LogP contribution >= 0.6 is 22.9 Å². The van der Waals surface area contributed by atoms with E-state index in [-0.39, 0.29) is 0 Å². The fraction of sp³-hybridized carbons (Fsp3) is 0.333. The van der Waals surface area contributed by atoms with E-state index < -0.39 is 0 Å². The molecule has 0 N–H and O–H groups in total. The van der Waals surface area contributed by atoms with Crippen molar-refractivity contribution in [2.24, 2.45) is 0 Å². The molecule has 0 aliphatic rings. The minimum atomic E-state index is 0.953. The van der Waals surface area contributed by atoms with Crippen LogP contribution in [0.25, 0.3) is 0 Å². The molecule has 1 aromatic rings. The van der Waals surface area contributed by atoms with E-state index in [1.165, 1.54) is 0 Å². The van der Waals surface area contributed by atoms with Gasteiger partial charge in [0, 0.05) is 0 Å². The number of hydrogen-bond acceptors (Lipinski definition) is 2. The molecule has 1 rings (SSSR count). The number of hydrogen-bond donors (Lipinski definition) is 0. The molecule has 0 bridgehead atoms. The van der Waals surface area contributed by atoms with Gasteiger partial charge in [-0.25, -0.2) is 0 Å². The first-order chi connectivity index (χ1) is 3.29. The molecule has 0 unspecified atom stereocenters. The number of nitrogens with zero attached hydrogens (tertiary/aromatic N) is 3. The molecule has 4 heteroatoms. The lowest BCUT2D eigenvalue weighted by Crippen LogP contribution is -1.75. The molecule has 0 saturated heterocycles. The van der Waals surface area contributed by atoms with Gasteiger partial charge in [0.1, 0.15) is 0 Å². The van der Waals surface area contributed by atoms with E-state index >= 15 is 0 Å². The molecule has 0 spiro atoms. The second-order valence-electron chi connectivity index (χ2n) is 1.25. The van der Waals surface area contributed by atoms with Crippen molar-refractivity contribution in [2.75, 3.05) is 0 Å². The van der Waals surface area contributed by atoms with E-state index in [0.717, 1.165) is 5.69 Å². The fourth-order valence-corrected chi connectivity index (χ4v) is 0.819. The molecule has 0 atom stereocenters. The van der Waals surface area contributed by atoms with Crippen LogP contribution in [-0.2, 0) is 0 Å². The molecule has 0 radical (unpaired) electrons. The first kappa shape index (κ1) is 5.02. The maximum Gasteiger partial charge on any atom is 0.0863 e. The summed E-state index contributed by atoms with van der Waals surface area (Å²) in [5.74, 6) is 0. The van der Waals surface area contributed by atoms with Crippen LogP contribution < -0.4 is 0 Å². The van der Waals surface area contributed by atoms with Gasteiger partial charge in [-0.3, -0.25) is 0 Å². The lowest BCUT2D eigenvalue weighted by molar-refractivity contribution is 0.909. The van der Waals surface area contributed by atoms with Crippen molar-refractivity contribution in [1.82, 2.24) is 13.2 Å². The Morgan fingerprint density at radius 1 is 1.86 bits per heavy atom. The predicted octanol–water partition coefficient (Wildman–Crippen LogP) is 0.785. The van der Waals surface area contributed by atoms with Crippen LogP contribution in [0.15, 0.2) is 6.20 Å². The van der Waals surface area contributed by atoms with Crippen molar-refractivity contribution >= 4 is 22.9 Å². The van der Waals surface area contributed by atoms with E-state index in [1.54, 1.807) is 2.90 Å². The van der Waals surface area contributed by atoms with Gasteiger partial charge in [-0.2, -0.15) is 2.90 Å². The van der Waals surface area contributed by atoms with Crippen molar-refractivity contribution < 1.29 is 0 Å². The molecule has 0 amide bonds.